The quantitative estimate of drug-likeness (QED) is 0.647. The molecule has 0 saturated carbocycles. The van der Waals surface area contributed by atoms with Crippen LogP contribution in [0.4, 0.5) is 5.69 Å². The molecule has 2 atom stereocenters. The number of thioether (sulfide) groups is 1. The maximum atomic E-state index is 12.3. The Morgan fingerprint density at radius 1 is 1.24 bits per heavy atom. The smallest absolute Gasteiger partial charge is 0.251 e. The number of carbonyl (C=O) groups excluding carboxylic acids is 2. The van der Waals surface area contributed by atoms with E-state index in [1.54, 1.807) is 12.1 Å². The van der Waals surface area contributed by atoms with Crippen LogP contribution in [0.25, 0.3) is 0 Å². The number of carbonyl (C=O) groups is 2. The number of nitrogens with zero attached hydrogens (tertiary/aromatic N) is 2. The summed E-state index contributed by atoms with van der Waals surface area (Å²) in [6, 6.07) is 6.95. The van der Waals surface area contributed by atoms with Crippen molar-refractivity contribution in [2.45, 2.75) is 30.6 Å². The number of nitrogens with one attached hydrogen (secondary N) is 2. The normalized spacial score (nSPS) is 25.0. The van der Waals surface area contributed by atoms with Gasteiger partial charge in [0.15, 0.2) is 15.0 Å². The molecule has 2 fully saturated rings. The number of amidine groups is 1. The van der Waals surface area contributed by atoms with Gasteiger partial charge in [-0.25, -0.2) is 8.42 Å². The molecule has 2 amide bonds. The van der Waals surface area contributed by atoms with Crippen LogP contribution in [0.3, 0.4) is 0 Å². The zero-order valence-electron chi connectivity index (χ0n) is 16.0. The molecule has 4 rings (SSSR count). The molecule has 2 saturated heterocycles. The van der Waals surface area contributed by atoms with Crippen molar-refractivity contribution in [3.8, 4) is 0 Å². The summed E-state index contributed by atoms with van der Waals surface area (Å²) >= 11 is 1.47. The van der Waals surface area contributed by atoms with Crippen molar-refractivity contribution in [3.05, 3.63) is 29.8 Å². The molecule has 2 N–H and O–H groups in total. The molecular weight excluding hydrogens is 412 g/mol. The first-order valence-corrected chi connectivity index (χ1v) is 12.5. The van der Waals surface area contributed by atoms with Crippen molar-refractivity contribution < 1.29 is 18.0 Å². The summed E-state index contributed by atoms with van der Waals surface area (Å²) in [4.78, 5) is 30.1. The molecule has 0 unspecified atom stereocenters. The minimum atomic E-state index is -2.95. The molecule has 1 aromatic rings. The van der Waals surface area contributed by atoms with E-state index in [1.165, 1.54) is 11.8 Å². The van der Waals surface area contributed by atoms with Gasteiger partial charge in [-0.2, -0.15) is 0 Å². The van der Waals surface area contributed by atoms with Crippen LogP contribution in [0, 0.1) is 0 Å². The highest BCUT2D eigenvalue weighted by Gasteiger charge is 2.42. The van der Waals surface area contributed by atoms with Gasteiger partial charge in [-0.15, -0.1) is 0 Å². The summed E-state index contributed by atoms with van der Waals surface area (Å²) in [5.74, 6) is 0.370. The molecule has 3 aliphatic heterocycles. The second kappa shape index (κ2) is 8.35. The third-order valence-corrected chi connectivity index (χ3v) is 8.42. The summed E-state index contributed by atoms with van der Waals surface area (Å²) in [5, 5.41) is 6.81. The van der Waals surface area contributed by atoms with E-state index in [0.29, 0.717) is 25.1 Å². The molecule has 156 valence electrons. The van der Waals surface area contributed by atoms with Gasteiger partial charge in [0.1, 0.15) is 0 Å². The fourth-order valence-corrected chi connectivity index (χ4v) is 7.43. The molecule has 0 radical (unpaired) electrons. The number of hydrogen-bond acceptors (Lipinski definition) is 7. The Morgan fingerprint density at radius 2 is 2.03 bits per heavy atom. The first kappa shape index (κ1) is 20.2. The van der Waals surface area contributed by atoms with E-state index in [2.05, 4.69) is 15.6 Å². The highest BCUT2D eigenvalue weighted by molar-refractivity contribution is 8.15. The van der Waals surface area contributed by atoms with Gasteiger partial charge in [0.05, 0.1) is 17.5 Å². The van der Waals surface area contributed by atoms with Crippen LogP contribution in [0.2, 0.25) is 0 Å². The number of hydrogen-bond donors (Lipinski definition) is 2. The van der Waals surface area contributed by atoms with Crippen molar-refractivity contribution in [2.75, 3.05) is 36.5 Å². The predicted octanol–water partition coefficient (Wildman–Crippen LogP) is 1.11. The van der Waals surface area contributed by atoms with E-state index < -0.39 is 9.84 Å². The molecule has 3 heterocycles. The lowest BCUT2D eigenvalue weighted by Crippen LogP contribution is -2.30. The molecule has 10 heteroatoms. The highest BCUT2D eigenvalue weighted by atomic mass is 32.2. The number of amides is 2. The number of likely N-dealkylation sites (tertiary alicyclic amines) is 1. The second-order valence-corrected chi connectivity index (χ2v) is 10.9. The lowest BCUT2D eigenvalue weighted by atomic mass is 10.2. The standard InChI is InChI=1S/C19H24N4O4S2/c24-17-3-1-9-23(17)10-2-8-20-18(25)13-4-6-14(7-5-13)21-19-22-15-11-29(26,27)12-16(15)28-19/h4-7,15-16H,1-3,8-12H2,(H,20,25)(H,21,22)/t15-,16+/m0/s1. The van der Waals surface area contributed by atoms with Crippen molar-refractivity contribution in [1.29, 1.82) is 0 Å². The van der Waals surface area contributed by atoms with Crippen molar-refractivity contribution in [2.24, 2.45) is 4.99 Å². The average molecular weight is 437 g/mol. The van der Waals surface area contributed by atoms with E-state index in [1.807, 2.05) is 17.0 Å². The van der Waals surface area contributed by atoms with Gasteiger partial charge >= 0.3 is 0 Å². The fraction of sp³-hybridized carbons (Fsp3) is 0.526. The number of anilines is 1. The SMILES string of the molecule is O=C(NCCCN1CCCC1=O)c1ccc(NC2=N[C@H]3CS(=O)(=O)C[C@H]3S2)cc1. The number of sulfone groups is 1. The Morgan fingerprint density at radius 3 is 2.72 bits per heavy atom. The second-order valence-electron chi connectivity index (χ2n) is 7.53. The van der Waals surface area contributed by atoms with Crippen LogP contribution in [0.5, 0.6) is 0 Å². The van der Waals surface area contributed by atoms with Gasteiger partial charge in [0.25, 0.3) is 5.91 Å². The van der Waals surface area contributed by atoms with Crippen LogP contribution in [-0.2, 0) is 14.6 Å². The molecule has 29 heavy (non-hydrogen) atoms. The van der Waals surface area contributed by atoms with Gasteiger partial charge < -0.3 is 15.5 Å². The zero-order chi connectivity index (χ0) is 20.4. The lowest BCUT2D eigenvalue weighted by molar-refractivity contribution is -0.127. The number of benzene rings is 1. The molecule has 0 aliphatic carbocycles. The Kier molecular flexibility index (Phi) is 5.82. The van der Waals surface area contributed by atoms with Crippen LogP contribution in [0.1, 0.15) is 29.6 Å². The van der Waals surface area contributed by atoms with E-state index in [-0.39, 0.29) is 34.6 Å². The zero-order valence-corrected chi connectivity index (χ0v) is 17.6. The Labute approximate surface area is 174 Å². The Hall–Kier alpha value is -2.07. The molecule has 3 aliphatic rings. The summed E-state index contributed by atoms with van der Waals surface area (Å²) in [5.41, 5.74) is 1.37. The molecule has 0 spiro atoms. The largest absolute Gasteiger partial charge is 0.352 e. The number of fused-ring (bicyclic) bond motifs is 1. The minimum absolute atomic E-state index is 0.00315. The molecular formula is C19H24N4O4S2. The summed E-state index contributed by atoms with van der Waals surface area (Å²) in [6.07, 6.45) is 2.31. The Bertz CT molecular complexity index is 930. The van der Waals surface area contributed by atoms with Crippen molar-refractivity contribution in [3.63, 3.8) is 0 Å². The fourth-order valence-electron chi connectivity index (χ4n) is 3.76. The van der Waals surface area contributed by atoms with Crippen LogP contribution in [0.15, 0.2) is 29.3 Å². The third kappa shape index (κ3) is 4.92. The molecule has 0 aromatic heterocycles. The molecule has 0 bridgehead atoms. The summed E-state index contributed by atoms with van der Waals surface area (Å²) < 4.78 is 23.3. The Balaban J connectivity index is 1.23. The summed E-state index contributed by atoms with van der Waals surface area (Å²) in [7, 11) is -2.95. The van der Waals surface area contributed by atoms with Gasteiger partial charge in [-0.3, -0.25) is 14.6 Å². The number of aliphatic imine (C=N–C) groups is 1. The van der Waals surface area contributed by atoms with E-state index in [0.717, 1.165) is 30.2 Å². The molecule has 8 nitrogen and oxygen atoms in total. The van der Waals surface area contributed by atoms with Gasteiger partial charge in [0.2, 0.25) is 5.91 Å². The van der Waals surface area contributed by atoms with Gasteiger partial charge in [-0.05, 0) is 37.1 Å². The topological polar surface area (TPSA) is 108 Å². The molecule has 1 aromatic carbocycles. The van der Waals surface area contributed by atoms with Crippen molar-refractivity contribution in [1.82, 2.24) is 10.2 Å². The van der Waals surface area contributed by atoms with Crippen LogP contribution in [-0.4, -0.2) is 72.7 Å². The van der Waals surface area contributed by atoms with E-state index in [4.69, 9.17) is 0 Å². The lowest BCUT2D eigenvalue weighted by Gasteiger charge is -2.15. The van der Waals surface area contributed by atoms with Crippen LogP contribution >= 0.6 is 11.8 Å². The maximum absolute atomic E-state index is 12.3. The average Bonchev–Trinajstić information content (AvgIpc) is 3.31. The first-order chi connectivity index (χ1) is 13.9. The van der Waals surface area contributed by atoms with Gasteiger partial charge in [0, 0.05) is 42.6 Å². The third-order valence-electron chi connectivity index (χ3n) is 5.28. The first-order valence-electron chi connectivity index (χ1n) is 9.77. The minimum Gasteiger partial charge on any atom is -0.352 e. The monoisotopic (exact) mass is 436 g/mol. The highest BCUT2D eigenvalue weighted by Crippen LogP contribution is 2.34. The number of rotatable bonds is 6. The van der Waals surface area contributed by atoms with Gasteiger partial charge in [-0.1, -0.05) is 11.8 Å². The van der Waals surface area contributed by atoms with Crippen LogP contribution < -0.4 is 10.6 Å². The summed E-state index contributed by atoms with van der Waals surface area (Å²) in [6.45, 7) is 2.04. The van der Waals surface area contributed by atoms with E-state index in [9.17, 15) is 18.0 Å². The predicted molar refractivity (Wildman–Crippen MR) is 114 cm³/mol. The van der Waals surface area contributed by atoms with Crippen molar-refractivity contribution >= 4 is 44.3 Å². The van der Waals surface area contributed by atoms with E-state index >= 15 is 0 Å². The maximum Gasteiger partial charge on any atom is 0.251 e.